The molecular formula is C16H19N3OS. The van der Waals surface area contributed by atoms with Crippen LogP contribution in [0, 0.1) is 4.78 Å². The second kappa shape index (κ2) is 5.77. The quantitative estimate of drug-likeness (QED) is 0.904. The maximum Gasteiger partial charge on any atom is 0.156 e. The Morgan fingerprint density at radius 3 is 2.19 bits per heavy atom. The van der Waals surface area contributed by atoms with Gasteiger partial charge in [0.15, 0.2) is 9.92 Å². The molecule has 110 valence electrons. The third-order valence-corrected chi connectivity index (χ3v) is 5.13. The summed E-state index contributed by atoms with van der Waals surface area (Å²) in [6.07, 6.45) is 2.49. The molecule has 0 bridgehead atoms. The van der Waals surface area contributed by atoms with Crippen LogP contribution >= 0.6 is 0 Å². The number of nitrogens with one attached hydrogen (secondary N) is 2. The molecule has 1 atom stereocenters. The summed E-state index contributed by atoms with van der Waals surface area (Å²) in [7, 11) is -3.01. The Labute approximate surface area is 125 Å². The lowest BCUT2D eigenvalue weighted by Crippen LogP contribution is -2.17. The van der Waals surface area contributed by atoms with Crippen LogP contribution < -0.4 is 9.62 Å². The van der Waals surface area contributed by atoms with Crippen LogP contribution in [0.3, 0.4) is 0 Å². The largest absolute Gasteiger partial charge is 0.372 e. The van der Waals surface area contributed by atoms with Gasteiger partial charge in [-0.25, -0.2) is 8.99 Å². The van der Waals surface area contributed by atoms with Gasteiger partial charge in [-0.2, -0.15) is 0 Å². The highest BCUT2D eigenvalue weighted by molar-refractivity contribution is 7.93. The first-order chi connectivity index (χ1) is 10.1. The summed E-state index contributed by atoms with van der Waals surface area (Å²) in [5.41, 5.74) is 1.90. The molecule has 1 aliphatic rings. The zero-order valence-electron chi connectivity index (χ0n) is 11.8. The van der Waals surface area contributed by atoms with Crippen LogP contribution in [0.25, 0.3) is 0 Å². The van der Waals surface area contributed by atoms with Gasteiger partial charge < -0.3 is 4.90 Å². The van der Waals surface area contributed by atoms with Crippen molar-refractivity contribution in [1.29, 1.82) is 4.78 Å². The lowest BCUT2D eigenvalue weighted by atomic mass is 10.2. The number of hydrogen-bond donors (Lipinski definition) is 2. The van der Waals surface area contributed by atoms with Crippen LogP contribution in [0.5, 0.6) is 0 Å². The van der Waals surface area contributed by atoms with Crippen molar-refractivity contribution in [3.63, 3.8) is 0 Å². The van der Waals surface area contributed by atoms with Gasteiger partial charge >= 0.3 is 0 Å². The normalized spacial score (nSPS) is 17.4. The molecule has 2 N–H and O–H groups in total. The second-order valence-electron chi connectivity index (χ2n) is 5.21. The number of anilines is 2. The Morgan fingerprint density at radius 1 is 0.952 bits per heavy atom. The van der Waals surface area contributed by atoms with Crippen molar-refractivity contribution in [2.45, 2.75) is 17.7 Å². The van der Waals surface area contributed by atoms with Gasteiger partial charge in [0, 0.05) is 24.5 Å². The minimum atomic E-state index is -3.01. The Kier molecular flexibility index (Phi) is 3.84. The summed E-state index contributed by atoms with van der Waals surface area (Å²) in [5, 5.41) is 0. The number of hydrogen-bond acceptors (Lipinski definition) is 3. The molecule has 1 saturated heterocycles. The fourth-order valence-corrected chi connectivity index (χ4v) is 3.68. The lowest BCUT2D eigenvalue weighted by Gasteiger charge is -2.18. The molecule has 1 fully saturated rings. The Hall–Kier alpha value is -2.01. The molecule has 0 aromatic heterocycles. The van der Waals surface area contributed by atoms with Crippen molar-refractivity contribution in [2.75, 3.05) is 22.7 Å². The zero-order chi connectivity index (χ0) is 14.7. The average Bonchev–Trinajstić information content (AvgIpc) is 3.03. The van der Waals surface area contributed by atoms with E-state index in [9.17, 15) is 4.21 Å². The Balaban J connectivity index is 1.76. The lowest BCUT2D eigenvalue weighted by molar-refractivity contribution is 0.678. The first-order valence-electron chi connectivity index (χ1n) is 7.12. The van der Waals surface area contributed by atoms with E-state index >= 15 is 0 Å². The first-order valence-corrected chi connectivity index (χ1v) is 8.68. The van der Waals surface area contributed by atoms with Crippen LogP contribution in [0.1, 0.15) is 12.8 Å². The predicted molar refractivity (Wildman–Crippen MR) is 87.1 cm³/mol. The SMILES string of the molecule is N=S(=O)(Nc1ccc(N2CCCC2)cc1)c1ccccc1. The fraction of sp³-hybridized carbons (Fsp3) is 0.250. The molecule has 21 heavy (non-hydrogen) atoms. The Bertz CT molecular complexity index is 690. The van der Waals surface area contributed by atoms with Gasteiger partial charge in [-0.05, 0) is 49.2 Å². The molecule has 1 unspecified atom stereocenters. The van der Waals surface area contributed by atoms with Gasteiger partial charge in [-0.3, -0.25) is 4.72 Å². The van der Waals surface area contributed by atoms with Gasteiger partial charge in [-0.15, -0.1) is 0 Å². The van der Waals surface area contributed by atoms with E-state index in [1.807, 2.05) is 30.3 Å². The van der Waals surface area contributed by atoms with E-state index in [0.29, 0.717) is 10.6 Å². The van der Waals surface area contributed by atoms with E-state index < -0.39 is 9.92 Å². The molecule has 1 heterocycles. The van der Waals surface area contributed by atoms with E-state index in [1.54, 1.807) is 24.3 Å². The standard InChI is InChI=1S/C16H19N3OS/c17-21(20,16-6-2-1-3-7-16)18-14-8-10-15(11-9-14)19-12-4-5-13-19/h1-3,6-11H,4-5,12-13H2,(H2,17,18,20). The van der Waals surface area contributed by atoms with Crippen molar-refractivity contribution >= 4 is 21.3 Å². The molecule has 0 radical (unpaired) electrons. The van der Waals surface area contributed by atoms with Crippen molar-refractivity contribution in [1.82, 2.24) is 0 Å². The second-order valence-corrected chi connectivity index (χ2v) is 7.00. The molecule has 5 heteroatoms. The van der Waals surface area contributed by atoms with E-state index in [-0.39, 0.29) is 0 Å². The highest BCUT2D eigenvalue weighted by atomic mass is 32.2. The topological polar surface area (TPSA) is 56.2 Å². The first kappa shape index (κ1) is 13.9. The van der Waals surface area contributed by atoms with Gasteiger partial charge in [0.2, 0.25) is 0 Å². The molecule has 3 rings (SSSR count). The molecule has 2 aromatic rings. The third-order valence-electron chi connectivity index (χ3n) is 3.68. The number of benzene rings is 2. The van der Waals surface area contributed by atoms with Crippen molar-refractivity contribution in [2.24, 2.45) is 0 Å². The summed E-state index contributed by atoms with van der Waals surface area (Å²) in [6, 6.07) is 16.7. The van der Waals surface area contributed by atoms with Crippen molar-refractivity contribution < 1.29 is 4.21 Å². The minimum Gasteiger partial charge on any atom is -0.372 e. The summed E-state index contributed by atoms with van der Waals surface area (Å²) < 4.78 is 23.3. The minimum absolute atomic E-state index is 0.494. The van der Waals surface area contributed by atoms with Crippen LogP contribution in [0.2, 0.25) is 0 Å². The smallest absolute Gasteiger partial charge is 0.156 e. The van der Waals surface area contributed by atoms with E-state index in [4.69, 9.17) is 4.78 Å². The average molecular weight is 301 g/mol. The van der Waals surface area contributed by atoms with Crippen molar-refractivity contribution in [3.8, 4) is 0 Å². The van der Waals surface area contributed by atoms with Gasteiger partial charge in [-0.1, -0.05) is 18.2 Å². The van der Waals surface area contributed by atoms with Gasteiger partial charge in [0.25, 0.3) is 0 Å². The van der Waals surface area contributed by atoms with E-state index in [1.165, 1.54) is 18.5 Å². The van der Waals surface area contributed by atoms with Crippen LogP contribution in [0.15, 0.2) is 59.5 Å². The fourth-order valence-electron chi connectivity index (χ4n) is 2.55. The zero-order valence-corrected chi connectivity index (χ0v) is 12.6. The molecule has 4 nitrogen and oxygen atoms in total. The van der Waals surface area contributed by atoms with Gasteiger partial charge in [0.05, 0.1) is 4.90 Å². The number of rotatable bonds is 4. The summed E-state index contributed by atoms with van der Waals surface area (Å²) in [5.74, 6) is 0. The predicted octanol–water partition coefficient (Wildman–Crippen LogP) is 3.72. The molecular weight excluding hydrogens is 282 g/mol. The Morgan fingerprint density at radius 2 is 1.57 bits per heavy atom. The summed E-state index contributed by atoms with van der Waals surface area (Å²) in [6.45, 7) is 2.21. The molecule has 0 aliphatic carbocycles. The highest BCUT2D eigenvalue weighted by Gasteiger charge is 2.13. The molecule has 0 amide bonds. The molecule has 2 aromatic carbocycles. The highest BCUT2D eigenvalue weighted by Crippen LogP contribution is 2.23. The molecule has 1 aliphatic heterocycles. The van der Waals surface area contributed by atoms with Crippen LogP contribution in [-0.2, 0) is 9.92 Å². The number of nitrogens with zero attached hydrogens (tertiary/aromatic N) is 1. The summed E-state index contributed by atoms with van der Waals surface area (Å²) in [4.78, 5) is 2.84. The molecule has 0 spiro atoms. The van der Waals surface area contributed by atoms with Crippen molar-refractivity contribution in [3.05, 3.63) is 54.6 Å². The van der Waals surface area contributed by atoms with E-state index in [0.717, 1.165) is 13.1 Å². The maximum atomic E-state index is 12.4. The maximum absolute atomic E-state index is 12.4. The van der Waals surface area contributed by atoms with Crippen LogP contribution in [-0.4, -0.2) is 17.3 Å². The third kappa shape index (κ3) is 3.19. The summed E-state index contributed by atoms with van der Waals surface area (Å²) >= 11 is 0. The van der Waals surface area contributed by atoms with Gasteiger partial charge in [0.1, 0.15) is 0 Å². The van der Waals surface area contributed by atoms with Crippen LogP contribution in [0.4, 0.5) is 11.4 Å². The van der Waals surface area contributed by atoms with E-state index in [2.05, 4.69) is 9.62 Å². The monoisotopic (exact) mass is 301 g/mol. The molecule has 0 saturated carbocycles.